The Morgan fingerprint density at radius 2 is 1.83 bits per heavy atom. The first kappa shape index (κ1) is 22.9. The molecule has 36 heavy (non-hydrogen) atoms. The van der Waals surface area contributed by atoms with E-state index in [0.717, 1.165) is 16.7 Å². The van der Waals surface area contributed by atoms with Gasteiger partial charge < -0.3 is 24.7 Å². The molecular weight excluding hydrogens is 456 g/mol. The zero-order valence-electron chi connectivity index (χ0n) is 19.8. The van der Waals surface area contributed by atoms with E-state index in [2.05, 4.69) is 16.3 Å². The van der Waals surface area contributed by atoms with E-state index in [9.17, 15) is 5.26 Å². The maximum Gasteiger partial charge on any atom is 0.244 e. The van der Waals surface area contributed by atoms with Gasteiger partial charge in [-0.1, -0.05) is 48.5 Å². The van der Waals surface area contributed by atoms with Crippen molar-refractivity contribution in [2.24, 2.45) is 5.73 Å². The molecular formula is C28H24N4O4. The molecule has 0 unspecified atom stereocenters. The third-order valence-electron chi connectivity index (χ3n) is 6.06. The van der Waals surface area contributed by atoms with Crippen LogP contribution in [0.3, 0.4) is 0 Å². The summed E-state index contributed by atoms with van der Waals surface area (Å²) in [6.07, 6.45) is 0. The summed E-state index contributed by atoms with van der Waals surface area (Å²) < 4.78 is 22.8. The van der Waals surface area contributed by atoms with Gasteiger partial charge in [-0.2, -0.15) is 5.26 Å². The second-order valence-electron chi connectivity index (χ2n) is 8.16. The summed E-state index contributed by atoms with van der Waals surface area (Å²) >= 11 is 0. The average molecular weight is 481 g/mol. The molecule has 8 nitrogen and oxygen atoms in total. The van der Waals surface area contributed by atoms with Crippen molar-refractivity contribution < 1.29 is 18.9 Å². The van der Waals surface area contributed by atoms with Gasteiger partial charge in [-0.05, 0) is 35.4 Å². The number of rotatable bonds is 7. The third kappa shape index (κ3) is 4.18. The molecule has 0 bridgehead atoms. The van der Waals surface area contributed by atoms with Gasteiger partial charge in [-0.25, -0.2) is 0 Å². The minimum atomic E-state index is -0.532. The van der Waals surface area contributed by atoms with Crippen LogP contribution in [0.5, 0.6) is 23.1 Å². The number of nitrogens with one attached hydrogen (secondary N) is 1. The summed E-state index contributed by atoms with van der Waals surface area (Å²) in [4.78, 5) is 0. The summed E-state index contributed by atoms with van der Waals surface area (Å²) in [7, 11) is 3.19. The van der Waals surface area contributed by atoms with E-state index < -0.39 is 5.92 Å². The summed E-state index contributed by atoms with van der Waals surface area (Å²) in [5, 5.41) is 17.4. The number of ether oxygens (including phenoxy) is 4. The zero-order chi connectivity index (χ0) is 25.1. The van der Waals surface area contributed by atoms with Gasteiger partial charge in [0.25, 0.3) is 0 Å². The normalized spacial score (nSPS) is 14.4. The topological polar surface area (TPSA) is 115 Å². The van der Waals surface area contributed by atoms with E-state index in [1.54, 1.807) is 14.2 Å². The fraction of sp³-hybridized carbons (Fsp3) is 0.143. The first-order valence-electron chi connectivity index (χ1n) is 11.3. The highest BCUT2D eigenvalue weighted by molar-refractivity contribution is 5.72. The summed E-state index contributed by atoms with van der Waals surface area (Å²) in [5.74, 6) is 1.63. The first-order valence-corrected chi connectivity index (χ1v) is 11.3. The van der Waals surface area contributed by atoms with Crippen molar-refractivity contribution in [1.82, 2.24) is 10.2 Å². The van der Waals surface area contributed by atoms with Gasteiger partial charge in [0.2, 0.25) is 11.8 Å². The summed E-state index contributed by atoms with van der Waals surface area (Å²) in [6.45, 7) is 0.399. The zero-order valence-corrected chi connectivity index (χ0v) is 19.8. The van der Waals surface area contributed by atoms with Crippen LogP contribution in [0.15, 0.2) is 84.3 Å². The number of fused-ring (bicyclic) bond motifs is 1. The lowest BCUT2D eigenvalue weighted by Gasteiger charge is -2.25. The van der Waals surface area contributed by atoms with Crippen LogP contribution in [0, 0.1) is 11.3 Å². The molecule has 1 aromatic heterocycles. The lowest BCUT2D eigenvalue weighted by Crippen LogP contribution is -2.21. The molecule has 0 saturated heterocycles. The van der Waals surface area contributed by atoms with Crippen LogP contribution < -0.4 is 24.7 Å². The monoisotopic (exact) mass is 480 g/mol. The highest BCUT2D eigenvalue weighted by atomic mass is 16.5. The molecule has 8 heteroatoms. The van der Waals surface area contributed by atoms with Crippen molar-refractivity contribution >= 4 is 0 Å². The van der Waals surface area contributed by atoms with Crippen molar-refractivity contribution in [2.45, 2.75) is 12.5 Å². The molecule has 5 rings (SSSR count). The Bertz CT molecular complexity index is 1470. The predicted octanol–water partition coefficient (Wildman–Crippen LogP) is 4.89. The van der Waals surface area contributed by atoms with Crippen LogP contribution >= 0.6 is 0 Å². The van der Waals surface area contributed by atoms with E-state index in [0.29, 0.717) is 41.0 Å². The number of H-pyrrole nitrogens is 1. The van der Waals surface area contributed by atoms with Crippen LogP contribution in [0.2, 0.25) is 0 Å². The van der Waals surface area contributed by atoms with Crippen LogP contribution in [-0.2, 0) is 6.61 Å². The second-order valence-corrected chi connectivity index (χ2v) is 8.16. The highest BCUT2D eigenvalue weighted by Gasteiger charge is 2.36. The number of nitriles is 1. The van der Waals surface area contributed by atoms with E-state index in [1.807, 2.05) is 72.8 Å². The standard InChI is InChI=1S/C28H24N4O4/c1-33-20-10-6-9-19(13-20)26-25-24(21(15-29)27(30)36-28(25)32-31-26)18-11-12-22(23(14-18)34-2)35-16-17-7-4-3-5-8-17/h3-14,24H,16,30H2,1-2H3,(H,31,32)/t24-/m1/s1. The molecule has 3 aromatic carbocycles. The molecule has 0 amide bonds. The predicted molar refractivity (Wildman–Crippen MR) is 134 cm³/mol. The number of aromatic nitrogens is 2. The van der Waals surface area contributed by atoms with Crippen molar-refractivity contribution in [1.29, 1.82) is 5.26 Å². The van der Waals surface area contributed by atoms with Crippen molar-refractivity contribution in [3.05, 3.63) is 101 Å². The van der Waals surface area contributed by atoms with Crippen LogP contribution in [0.25, 0.3) is 11.3 Å². The molecule has 4 aromatic rings. The number of hydrogen-bond acceptors (Lipinski definition) is 7. The minimum Gasteiger partial charge on any atom is -0.497 e. The van der Waals surface area contributed by atoms with Crippen molar-refractivity contribution in [2.75, 3.05) is 14.2 Å². The van der Waals surface area contributed by atoms with Crippen LogP contribution in [-0.4, -0.2) is 24.4 Å². The van der Waals surface area contributed by atoms with Crippen molar-refractivity contribution in [3.63, 3.8) is 0 Å². The molecule has 0 fully saturated rings. The molecule has 0 saturated carbocycles. The smallest absolute Gasteiger partial charge is 0.244 e. The molecule has 3 N–H and O–H groups in total. The van der Waals surface area contributed by atoms with E-state index in [-0.39, 0.29) is 11.5 Å². The Kier molecular flexibility index (Phi) is 6.20. The van der Waals surface area contributed by atoms with Gasteiger partial charge in [0.05, 0.1) is 31.4 Å². The minimum absolute atomic E-state index is 0.0158. The first-order chi connectivity index (χ1) is 17.6. The van der Waals surface area contributed by atoms with Crippen LogP contribution in [0.1, 0.15) is 22.6 Å². The molecule has 1 aliphatic rings. The number of aromatic amines is 1. The van der Waals surface area contributed by atoms with Crippen molar-refractivity contribution in [3.8, 4) is 40.5 Å². The van der Waals surface area contributed by atoms with Gasteiger partial charge in [0.1, 0.15) is 24.0 Å². The Hall–Kier alpha value is -4.90. The summed E-state index contributed by atoms with van der Waals surface area (Å²) in [5.41, 5.74) is 10.5. The lowest BCUT2D eigenvalue weighted by molar-refractivity contribution is 0.284. The summed E-state index contributed by atoms with van der Waals surface area (Å²) in [6, 6.07) is 25.3. The number of hydrogen-bond donors (Lipinski definition) is 2. The number of benzene rings is 3. The largest absolute Gasteiger partial charge is 0.497 e. The molecule has 0 radical (unpaired) electrons. The van der Waals surface area contributed by atoms with E-state index in [4.69, 9.17) is 24.7 Å². The van der Waals surface area contributed by atoms with Crippen LogP contribution in [0.4, 0.5) is 0 Å². The Morgan fingerprint density at radius 3 is 2.58 bits per heavy atom. The van der Waals surface area contributed by atoms with E-state index in [1.165, 1.54) is 0 Å². The van der Waals surface area contributed by atoms with Gasteiger partial charge in [0.15, 0.2) is 11.5 Å². The fourth-order valence-electron chi connectivity index (χ4n) is 4.30. The Labute approximate surface area is 208 Å². The number of methoxy groups -OCH3 is 2. The number of allylic oxidation sites excluding steroid dienone is 1. The Balaban J connectivity index is 1.57. The third-order valence-corrected chi connectivity index (χ3v) is 6.06. The molecule has 0 aliphatic carbocycles. The van der Waals surface area contributed by atoms with Gasteiger partial charge >= 0.3 is 0 Å². The maximum absolute atomic E-state index is 10.0. The fourth-order valence-corrected chi connectivity index (χ4v) is 4.30. The highest BCUT2D eigenvalue weighted by Crippen LogP contribution is 2.47. The SMILES string of the molecule is COc1cccc(-c2[nH]nc3c2[C@H](c2ccc(OCc4ccccc4)c(OC)c2)C(C#N)=C(N)O3)c1. The Morgan fingerprint density at radius 1 is 1.00 bits per heavy atom. The molecule has 1 atom stereocenters. The molecule has 180 valence electrons. The van der Waals surface area contributed by atoms with Gasteiger partial charge in [-0.3, -0.25) is 5.10 Å². The molecule has 0 spiro atoms. The quantitative estimate of drug-likeness (QED) is 0.387. The van der Waals surface area contributed by atoms with E-state index >= 15 is 0 Å². The average Bonchev–Trinajstić information content (AvgIpc) is 3.35. The maximum atomic E-state index is 10.0. The number of nitrogens with zero attached hydrogens (tertiary/aromatic N) is 2. The molecule has 1 aliphatic heterocycles. The number of nitrogens with two attached hydrogens (primary N) is 1. The van der Waals surface area contributed by atoms with Gasteiger partial charge in [-0.15, -0.1) is 5.10 Å². The molecule has 2 heterocycles. The van der Waals surface area contributed by atoms with Gasteiger partial charge in [0, 0.05) is 5.56 Å². The second kappa shape index (κ2) is 9.76. The lowest BCUT2D eigenvalue weighted by atomic mass is 9.83.